The molecule has 9 heteroatoms. The number of aromatic nitrogens is 4. The summed E-state index contributed by atoms with van der Waals surface area (Å²) in [6.45, 7) is 6.43. The number of thioether (sulfide) groups is 1. The molecule has 2 amide bonds. The van der Waals surface area contributed by atoms with E-state index in [0.717, 1.165) is 41.5 Å². The predicted octanol–water partition coefficient (Wildman–Crippen LogP) is 4.51. The molecule has 0 spiro atoms. The number of fused-ring (bicyclic) bond motifs is 3. The van der Waals surface area contributed by atoms with Crippen LogP contribution in [0, 0.1) is 6.92 Å². The molecule has 4 aromatic rings. The third-order valence-electron chi connectivity index (χ3n) is 6.80. The third-order valence-corrected chi connectivity index (χ3v) is 7.73. The molecule has 35 heavy (non-hydrogen) atoms. The number of likely N-dealkylation sites (tertiary alicyclic amines) is 1. The number of hydrogen-bond donors (Lipinski definition) is 1. The van der Waals surface area contributed by atoms with Crippen LogP contribution < -0.4 is 5.32 Å². The summed E-state index contributed by atoms with van der Waals surface area (Å²) in [5.74, 6) is 0.811. The van der Waals surface area contributed by atoms with E-state index in [1.54, 1.807) is 0 Å². The quantitative estimate of drug-likeness (QED) is 0.402. The number of benzene rings is 2. The maximum Gasteiger partial charge on any atom is 0.243 e. The van der Waals surface area contributed by atoms with Crippen LogP contribution in [0.4, 0.5) is 5.69 Å². The van der Waals surface area contributed by atoms with E-state index in [0.29, 0.717) is 10.9 Å². The van der Waals surface area contributed by atoms with Crippen LogP contribution in [0.3, 0.4) is 0 Å². The summed E-state index contributed by atoms with van der Waals surface area (Å²) in [6, 6.07) is 16.1. The fourth-order valence-electron chi connectivity index (χ4n) is 5.05. The van der Waals surface area contributed by atoms with Crippen LogP contribution in [-0.4, -0.2) is 53.7 Å². The van der Waals surface area contributed by atoms with Crippen molar-refractivity contribution in [2.75, 3.05) is 11.1 Å². The maximum atomic E-state index is 13.4. The number of amides is 2. The van der Waals surface area contributed by atoms with Gasteiger partial charge in [-0.05, 0) is 63.8 Å². The second kappa shape index (κ2) is 9.73. The zero-order chi connectivity index (χ0) is 24.5. The van der Waals surface area contributed by atoms with Crippen LogP contribution in [0.5, 0.6) is 0 Å². The van der Waals surface area contributed by atoms with Crippen LogP contribution in [0.15, 0.2) is 53.7 Å². The van der Waals surface area contributed by atoms with Crippen molar-refractivity contribution in [2.45, 2.75) is 63.8 Å². The number of carbonyl (C=O) groups excluding carboxylic acids is 2. The van der Waals surface area contributed by atoms with Crippen molar-refractivity contribution < 1.29 is 9.59 Å². The minimum atomic E-state index is -0.104. The Morgan fingerprint density at radius 3 is 2.43 bits per heavy atom. The molecule has 0 saturated carbocycles. The number of aryl methyl sites for hydroxylation is 1. The number of para-hydroxylation sites is 3. The number of piperidine rings is 1. The van der Waals surface area contributed by atoms with E-state index in [9.17, 15) is 9.59 Å². The van der Waals surface area contributed by atoms with Crippen molar-refractivity contribution in [1.82, 2.24) is 24.1 Å². The van der Waals surface area contributed by atoms with Gasteiger partial charge >= 0.3 is 0 Å². The standard InChI is InChI=1S/C26H30N6O2S/c1-17-9-4-5-12-20(17)27-23(33)16-35-26-29-28-25-30(21-13-6-7-14-22(21)32(25)26)15-24(34)31-18(2)10-8-11-19(31)3/h4-7,9,12-14,18-19H,8,10-11,15-16H2,1-3H3,(H,27,33)/t18-,19-/m1/s1. The maximum absolute atomic E-state index is 13.4. The van der Waals surface area contributed by atoms with Gasteiger partial charge in [0.15, 0.2) is 5.16 Å². The number of nitrogens with zero attached hydrogens (tertiary/aromatic N) is 5. The molecular weight excluding hydrogens is 460 g/mol. The van der Waals surface area contributed by atoms with E-state index in [4.69, 9.17) is 0 Å². The predicted molar refractivity (Wildman–Crippen MR) is 139 cm³/mol. The van der Waals surface area contributed by atoms with Crippen molar-refractivity contribution in [1.29, 1.82) is 0 Å². The summed E-state index contributed by atoms with van der Waals surface area (Å²) in [6.07, 6.45) is 3.23. The van der Waals surface area contributed by atoms with E-state index in [-0.39, 0.29) is 36.2 Å². The Labute approximate surface area is 208 Å². The van der Waals surface area contributed by atoms with Crippen molar-refractivity contribution in [3.63, 3.8) is 0 Å². The summed E-state index contributed by atoms with van der Waals surface area (Å²) >= 11 is 1.33. The highest BCUT2D eigenvalue weighted by atomic mass is 32.2. The van der Waals surface area contributed by atoms with Gasteiger partial charge in [0.1, 0.15) is 6.54 Å². The molecule has 0 aliphatic carbocycles. The van der Waals surface area contributed by atoms with Gasteiger partial charge in [0.25, 0.3) is 0 Å². The Hall–Kier alpha value is -3.33. The molecule has 3 heterocycles. The lowest BCUT2D eigenvalue weighted by Crippen LogP contribution is -2.48. The smallest absolute Gasteiger partial charge is 0.243 e. The van der Waals surface area contributed by atoms with Gasteiger partial charge < -0.3 is 10.2 Å². The SMILES string of the molecule is Cc1ccccc1NC(=O)CSc1nnc2n(CC(=O)N3[C@H](C)CCC[C@H]3C)c3ccccc3n12. The molecule has 2 atom stereocenters. The van der Waals surface area contributed by atoms with Crippen LogP contribution >= 0.6 is 11.8 Å². The highest BCUT2D eigenvalue weighted by Gasteiger charge is 2.30. The Balaban J connectivity index is 1.40. The molecule has 0 bridgehead atoms. The van der Waals surface area contributed by atoms with Crippen LogP contribution in [0.2, 0.25) is 0 Å². The Bertz CT molecular complexity index is 1380. The number of rotatable bonds is 6. The largest absolute Gasteiger partial charge is 0.336 e. The molecule has 0 radical (unpaired) electrons. The van der Waals surface area contributed by atoms with Gasteiger partial charge in [0.2, 0.25) is 17.6 Å². The summed E-state index contributed by atoms with van der Waals surface area (Å²) < 4.78 is 3.88. The number of hydrogen-bond acceptors (Lipinski definition) is 5. The van der Waals surface area contributed by atoms with Gasteiger partial charge in [0.05, 0.1) is 16.8 Å². The normalized spacial score (nSPS) is 18.3. The van der Waals surface area contributed by atoms with Gasteiger partial charge in [-0.25, -0.2) is 0 Å². The molecule has 2 aromatic carbocycles. The Morgan fingerprint density at radius 1 is 1.00 bits per heavy atom. The first kappa shape index (κ1) is 23.4. The van der Waals surface area contributed by atoms with Gasteiger partial charge in [-0.2, -0.15) is 0 Å². The number of imidazole rings is 1. The lowest BCUT2D eigenvalue weighted by atomic mass is 9.97. The lowest BCUT2D eigenvalue weighted by molar-refractivity contribution is -0.137. The topological polar surface area (TPSA) is 84.5 Å². The van der Waals surface area contributed by atoms with Crippen LogP contribution in [0.1, 0.15) is 38.7 Å². The molecule has 1 aliphatic heterocycles. The highest BCUT2D eigenvalue weighted by molar-refractivity contribution is 7.99. The molecule has 182 valence electrons. The van der Waals surface area contributed by atoms with E-state index < -0.39 is 0 Å². The fourth-order valence-corrected chi connectivity index (χ4v) is 5.79. The number of anilines is 1. The first-order valence-electron chi connectivity index (χ1n) is 12.1. The second-order valence-electron chi connectivity index (χ2n) is 9.27. The van der Waals surface area contributed by atoms with Crippen LogP contribution in [-0.2, 0) is 16.1 Å². The van der Waals surface area contributed by atoms with E-state index in [2.05, 4.69) is 29.4 Å². The van der Waals surface area contributed by atoms with Crippen molar-refractivity contribution >= 4 is 46.1 Å². The monoisotopic (exact) mass is 490 g/mol. The van der Waals surface area contributed by atoms with Gasteiger partial charge in [-0.1, -0.05) is 42.1 Å². The molecular formula is C26H30N6O2S. The molecule has 1 N–H and O–H groups in total. The Morgan fingerprint density at radius 2 is 1.69 bits per heavy atom. The first-order chi connectivity index (χ1) is 16.9. The number of carbonyl (C=O) groups is 2. The average molecular weight is 491 g/mol. The van der Waals surface area contributed by atoms with Crippen molar-refractivity contribution in [3.05, 3.63) is 54.1 Å². The molecule has 0 unspecified atom stereocenters. The summed E-state index contributed by atoms with van der Waals surface area (Å²) in [5, 5.41) is 12.4. The summed E-state index contributed by atoms with van der Waals surface area (Å²) in [5.41, 5.74) is 3.66. The fraction of sp³-hybridized carbons (Fsp3) is 0.385. The minimum absolute atomic E-state index is 0.0998. The average Bonchev–Trinajstić information content (AvgIpc) is 3.38. The number of nitrogens with one attached hydrogen (secondary N) is 1. The minimum Gasteiger partial charge on any atom is -0.336 e. The molecule has 2 aromatic heterocycles. The zero-order valence-corrected chi connectivity index (χ0v) is 21.1. The van der Waals surface area contributed by atoms with Gasteiger partial charge in [-0.15, -0.1) is 10.2 Å². The van der Waals surface area contributed by atoms with Gasteiger partial charge in [-0.3, -0.25) is 18.6 Å². The summed E-state index contributed by atoms with van der Waals surface area (Å²) in [7, 11) is 0. The van der Waals surface area contributed by atoms with Crippen molar-refractivity contribution in [3.8, 4) is 0 Å². The molecule has 1 fully saturated rings. The van der Waals surface area contributed by atoms with Crippen LogP contribution in [0.25, 0.3) is 16.8 Å². The lowest BCUT2D eigenvalue weighted by Gasteiger charge is -2.39. The molecule has 5 rings (SSSR count). The summed E-state index contributed by atoms with van der Waals surface area (Å²) in [4.78, 5) is 28.0. The van der Waals surface area contributed by atoms with E-state index in [1.165, 1.54) is 11.8 Å². The second-order valence-corrected chi connectivity index (χ2v) is 10.2. The first-order valence-corrected chi connectivity index (χ1v) is 13.0. The zero-order valence-electron chi connectivity index (χ0n) is 20.3. The third kappa shape index (κ3) is 4.52. The van der Waals surface area contributed by atoms with Gasteiger partial charge in [0, 0.05) is 17.8 Å². The molecule has 1 saturated heterocycles. The molecule has 1 aliphatic rings. The molecule has 8 nitrogen and oxygen atoms in total. The van der Waals surface area contributed by atoms with Crippen molar-refractivity contribution in [2.24, 2.45) is 0 Å². The Kier molecular flexibility index (Phi) is 6.51. The van der Waals surface area contributed by atoms with E-state index in [1.807, 2.05) is 69.3 Å². The highest BCUT2D eigenvalue weighted by Crippen LogP contribution is 2.28. The van der Waals surface area contributed by atoms with E-state index >= 15 is 0 Å².